The van der Waals surface area contributed by atoms with Gasteiger partial charge in [0.05, 0.1) is 36.0 Å². The molecule has 0 bridgehead atoms. The van der Waals surface area contributed by atoms with Crippen LogP contribution in [0, 0.1) is 6.92 Å². The van der Waals surface area contributed by atoms with Gasteiger partial charge < -0.3 is 10.6 Å². The third-order valence-electron chi connectivity index (χ3n) is 8.10. The second-order valence-corrected chi connectivity index (χ2v) is 10.8. The van der Waals surface area contributed by atoms with Gasteiger partial charge in [-0.3, -0.25) is 28.6 Å². The quantitative estimate of drug-likeness (QED) is 0.333. The van der Waals surface area contributed by atoms with Gasteiger partial charge in [0.15, 0.2) is 5.65 Å². The Labute approximate surface area is 236 Å². The minimum atomic E-state index is -0.428. The van der Waals surface area contributed by atoms with Crippen molar-refractivity contribution in [2.75, 3.05) is 23.7 Å². The molecule has 2 N–H and O–H groups in total. The molecule has 1 aromatic carbocycles. The first-order valence-corrected chi connectivity index (χ1v) is 13.6. The maximum absolute atomic E-state index is 13.2. The number of benzene rings is 1. The number of hydrogen-bond acceptors (Lipinski definition) is 7. The smallest absolute Gasteiger partial charge is 0.294 e. The lowest BCUT2D eigenvalue weighted by Crippen LogP contribution is -2.45. The summed E-state index contributed by atoms with van der Waals surface area (Å²) >= 11 is 0. The van der Waals surface area contributed by atoms with E-state index in [0.717, 1.165) is 36.9 Å². The van der Waals surface area contributed by atoms with Crippen LogP contribution >= 0.6 is 0 Å². The lowest BCUT2D eigenvalue weighted by atomic mass is 9.90. The Morgan fingerprint density at radius 3 is 2.68 bits per heavy atom. The molecular weight excluding hydrogens is 518 g/mol. The zero-order chi connectivity index (χ0) is 28.1. The minimum absolute atomic E-state index is 0.0173. The monoisotopic (exact) mass is 547 g/mol. The molecule has 206 valence electrons. The molecule has 1 fully saturated rings. The number of nitrogens with one attached hydrogen (secondary N) is 2. The average Bonchev–Trinajstić information content (AvgIpc) is 3.44. The van der Waals surface area contributed by atoms with Crippen LogP contribution in [0.15, 0.2) is 67.3 Å². The van der Waals surface area contributed by atoms with Crippen molar-refractivity contribution in [3.63, 3.8) is 0 Å². The zero-order valence-electron chi connectivity index (χ0n) is 22.8. The molecule has 1 aliphatic carbocycles. The minimum Gasteiger partial charge on any atom is -0.324 e. The number of aromatic nitrogens is 6. The summed E-state index contributed by atoms with van der Waals surface area (Å²) in [5.74, 6) is -0.388. The van der Waals surface area contributed by atoms with Crippen molar-refractivity contribution in [1.29, 1.82) is 0 Å². The van der Waals surface area contributed by atoms with Crippen LogP contribution in [0.1, 0.15) is 40.3 Å². The van der Waals surface area contributed by atoms with E-state index < -0.39 is 5.91 Å². The van der Waals surface area contributed by atoms with Crippen LogP contribution in [0.4, 0.5) is 11.4 Å². The van der Waals surface area contributed by atoms with E-state index in [4.69, 9.17) is 0 Å². The molecule has 0 radical (unpaired) electrons. The molecule has 11 heteroatoms. The highest BCUT2D eigenvalue weighted by molar-refractivity contribution is 6.03. The third-order valence-corrected chi connectivity index (χ3v) is 8.10. The van der Waals surface area contributed by atoms with Crippen LogP contribution < -0.4 is 10.6 Å². The van der Waals surface area contributed by atoms with Gasteiger partial charge >= 0.3 is 0 Å². The Morgan fingerprint density at radius 2 is 1.88 bits per heavy atom. The summed E-state index contributed by atoms with van der Waals surface area (Å²) < 4.78 is 3.36. The number of amides is 2. The normalized spacial score (nSPS) is 15.6. The van der Waals surface area contributed by atoms with Gasteiger partial charge in [-0.05, 0) is 61.1 Å². The average molecular weight is 548 g/mol. The van der Waals surface area contributed by atoms with Crippen molar-refractivity contribution in [3.05, 3.63) is 89.9 Å². The molecule has 0 atom stereocenters. The highest BCUT2D eigenvalue weighted by atomic mass is 16.2. The summed E-state index contributed by atoms with van der Waals surface area (Å²) in [6.07, 6.45) is 10.1. The predicted molar refractivity (Wildman–Crippen MR) is 153 cm³/mol. The van der Waals surface area contributed by atoms with Crippen molar-refractivity contribution in [3.8, 4) is 11.1 Å². The molecule has 0 unspecified atom stereocenters. The van der Waals surface area contributed by atoms with Crippen LogP contribution in [0.2, 0.25) is 0 Å². The van der Waals surface area contributed by atoms with Gasteiger partial charge in [-0.15, -0.1) is 10.2 Å². The number of carbonyl (C=O) groups is 2. The van der Waals surface area contributed by atoms with E-state index in [1.54, 1.807) is 40.7 Å². The van der Waals surface area contributed by atoms with Crippen molar-refractivity contribution < 1.29 is 9.59 Å². The summed E-state index contributed by atoms with van der Waals surface area (Å²) in [5.41, 5.74) is 6.77. The van der Waals surface area contributed by atoms with Crippen molar-refractivity contribution in [2.45, 2.75) is 31.7 Å². The molecule has 7 rings (SSSR count). The second-order valence-electron chi connectivity index (χ2n) is 10.8. The maximum Gasteiger partial charge on any atom is 0.294 e. The van der Waals surface area contributed by atoms with Gasteiger partial charge in [0.2, 0.25) is 11.7 Å². The molecule has 41 heavy (non-hydrogen) atoms. The molecule has 1 aliphatic heterocycles. The number of rotatable bonds is 6. The number of hydrogen-bond donors (Lipinski definition) is 2. The molecule has 5 aromatic rings. The lowest BCUT2D eigenvalue weighted by Gasteiger charge is -2.37. The topological polar surface area (TPSA) is 122 Å². The predicted octanol–water partition coefficient (Wildman–Crippen LogP) is 3.57. The SMILES string of the molecule is Cc1ncc(NC(=O)CN2CCc3ccccc3C23CC3)cc1NC(=O)c1nnc2cc(-c3cnn(C)c3)ccn12. The third kappa shape index (κ3) is 4.53. The summed E-state index contributed by atoms with van der Waals surface area (Å²) in [6, 6.07) is 14.0. The number of nitrogens with zero attached hydrogens (tertiary/aromatic N) is 7. The van der Waals surface area contributed by atoms with Crippen molar-refractivity contribution in [2.24, 2.45) is 7.05 Å². The van der Waals surface area contributed by atoms with Crippen LogP contribution in [0.3, 0.4) is 0 Å². The first kappa shape index (κ1) is 25.1. The highest BCUT2D eigenvalue weighted by Gasteiger charge is 2.52. The zero-order valence-corrected chi connectivity index (χ0v) is 22.8. The van der Waals surface area contributed by atoms with Gasteiger partial charge in [-0.25, -0.2) is 0 Å². The van der Waals surface area contributed by atoms with E-state index in [2.05, 4.69) is 60.1 Å². The Hall–Kier alpha value is -4.90. The molecule has 2 aliphatic rings. The van der Waals surface area contributed by atoms with E-state index in [9.17, 15) is 9.59 Å². The van der Waals surface area contributed by atoms with Crippen molar-refractivity contribution >= 4 is 28.8 Å². The van der Waals surface area contributed by atoms with E-state index in [1.165, 1.54) is 11.1 Å². The molecule has 1 spiro atoms. The van der Waals surface area contributed by atoms with E-state index >= 15 is 0 Å². The first-order valence-electron chi connectivity index (χ1n) is 13.6. The summed E-state index contributed by atoms with van der Waals surface area (Å²) in [6.45, 7) is 2.95. The molecule has 2 amide bonds. The summed E-state index contributed by atoms with van der Waals surface area (Å²) in [4.78, 5) is 33.0. The first-order chi connectivity index (χ1) is 19.9. The molecule has 0 saturated heterocycles. The van der Waals surface area contributed by atoms with E-state index in [0.29, 0.717) is 29.3 Å². The van der Waals surface area contributed by atoms with Crippen LogP contribution in [-0.2, 0) is 23.8 Å². The standard InChI is InChI=1S/C30H29N9O2/c1-19-25(34-29(41)28-36-35-26-13-21(8-12-39(26)28)22-15-32-37(2)17-22)14-23(16-31-19)33-27(40)18-38-11-7-20-5-3-4-6-24(20)30(38)9-10-30/h3-6,8,12-17H,7,9-11,18H2,1-2H3,(H,33,40)(H,34,41). The van der Waals surface area contributed by atoms with Crippen LogP contribution in [0.25, 0.3) is 16.8 Å². The maximum atomic E-state index is 13.2. The largest absolute Gasteiger partial charge is 0.324 e. The Kier molecular flexibility index (Phi) is 5.89. The van der Waals surface area contributed by atoms with Gasteiger partial charge in [0.25, 0.3) is 5.91 Å². The van der Waals surface area contributed by atoms with Gasteiger partial charge in [0.1, 0.15) is 0 Å². The molecule has 4 aromatic heterocycles. The fraction of sp³-hybridized carbons (Fsp3) is 0.267. The Balaban J connectivity index is 1.05. The second kappa shape index (κ2) is 9.63. The van der Waals surface area contributed by atoms with Crippen LogP contribution in [-0.4, -0.2) is 59.2 Å². The fourth-order valence-electron chi connectivity index (χ4n) is 5.84. The lowest BCUT2D eigenvalue weighted by molar-refractivity contribution is -0.118. The van der Waals surface area contributed by atoms with E-state index in [1.807, 2.05) is 25.4 Å². The number of pyridine rings is 2. The molecular formula is C30H29N9O2. The van der Waals surface area contributed by atoms with Gasteiger partial charge in [0, 0.05) is 37.1 Å². The number of anilines is 2. The van der Waals surface area contributed by atoms with Gasteiger partial charge in [-0.2, -0.15) is 5.10 Å². The molecule has 1 saturated carbocycles. The molecule has 5 heterocycles. The number of fused-ring (bicyclic) bond motifs is 3. The Bertz CT molecular complexity index is 1820. The number of carbonyl (C=O) groups excluding carboxylic acids is 2. The van der Waals surface area contributed by atoms with Crippen LogP contribution in [0.5, 0.6) is 0 Å². The Morgan fingerprint density at radius 1 is 1.02 bits per heavy atom. The summed E-state index contributed by atoms with van der Waals surface area (Å²) in [7, 11) is 1.86. The van der Waals surface area contributed by atoms with Gasteiger partial charge in [-0.1, -0.05) is 24.3 Å². The molecule has 11 nitrogen and oxygen atoms in total. The highest BCUT2D eigenvalue weighted by Crippen LogP contribution is 2.53. The van der Waals surface area contributed by atoms with E-state index in [-0.39, 0.29) is 17.3 Å². The summed E-state index contributed by atoms with van der Waals surface area (Å²) in [5, 5.41) is 18.4. The number of aryl methyl sites for hydroxylation is 2. The fourth-order valence-corrected chi connectivity index (χ4v) is 5.84. The van der Waals surface area contributed by atoms with Crippen molar-refractivity contribution in [1.82, 2.24) is 34.3 Å².